The maximum absolute atomic E-state index is 12.9. The maximum atomic E-state index is 12.9. The maximum Gasteiger partial charge on any atom is 0.123 e. The fourth-order valence-corrected chi connectivity index (χ4v) is 4.17. The van der Waals surface area contributed by atoms with Gasteiger partial charge in [-0.05, 0) is 60.3 Å². The van der Waals surface area contributed by atoms with E-state index in [1.165, 1.54) is 31.4 Å². The van der Waals surface area contributed by atoms with Gasteiger partial charge in [0.2, 0.25) is 0 Å². The van der Waals surface area contributed by atoms with E-state index >= 15 is 0 Å². The zero-order chi connectivity index (χ0) is 13.0. The van der Waals surface area contributed by atoms with Crippen molar-refractivity contribution < 1.29 is 4.39 Å². The van der Waals surface area contributed by atoms with Crippen LogP contribution in [0.1, 0.15) is 40.0 Å². The number of rotatable bonds is 2. The Kier molecular flexibility index (Phi) is 2.48. The first kappa shape index (κ1) is 12.0. The third-order valence-electron chi connectivity index (χ3n) is 5.98. The van der Waals surface area contributed by atoms with E-state index in [4.69, 9.17) is 0 Å². The summed E-state index contributed by atoms with van der Waals surface area (Å²) in [4.78, 5) is 0. The molecule has 2 bridgehead atoms. The molecule has 1 aromatic carbocycles. The van der Waals surface area contributed by atoms with Gasteiger partial charge in [-0.25, -0.2) is 4.39 Å². The predicted octanol–water partition coefficient (Wildman–Crippen LogP) is 4.45. The molecular weight excluding hydrogens is 225 g/mol. The molecule has 2 saturated carbocycles. The van der Waals surface area contributed by atoms with E-state index in [0.29, 0.717) is 16.9 Å². The normalized spacial score (nSPS) is 36.9. The average Bonchev–Trinajstić information content (AvgIpc) is 2.65. The van der Waals surface area contributed by atoms with E-state index in [1.807, 2.05) is 12.1 Å². The number of benzene rings is 1. The first-order valence-electron chi connectivity index (χ1n) is 6.95. The topological polar surface area (TPSA) is 12.0 Å². The predicted molar refractivity (Wildman–Crippen MR) is 73.0 cm³/mol. The van der Waals surface area contributed by atoms with Crippen LogP contribution in [-0.2, 0) is 0 Å². The summed E-state index contributed by atoms with van der Waals surface area (Å²) in [5.74, 6) is 0.667. The molecule has 18 heavy (non-hydrogen) atoms. The first-order valence-corrected chi connectivity index (χ1v) is 6.95. The van der Waals surface area contributed by atoms with Crippen LogP contribution in [0.4, 0.5) is 10.1 Å². The summed E-state index contributed by atoms with van der Waals surface area (Å²) in [5, 5.41) is 3.63. The van der Waals surface area contributed by atoms with Crippen molar-refractivity contribution in [1.82, 2.24) is 0 Å². The van der Waals surface area contributed by atoms with Gasteiger partial charge in [-0.15, -0.1) is 0 Å². The second-order valence-electron chi connectivity index (χ2n) is 6.81. The zero-order valence-corrected chi connectivity index (χ0v) is 11.5. The Morgan fingerprint density at radius 1 is 1.17 bits per heavy atom. The minimum Gasteiger partial charge on any atom is -0.382 e. The van der Waals surface area contributed by atoms with E-state index < -0.39 is 0 Å². The van der Waals surface area contributed by atoms with Crippen molar-refractivity contribution in [2.45, 2.75) is 46.1 Å². The zero-order valence-electron chi connectivity index (χ0n) is 11.5. The van der Waals surface area contributed by atoms with Gasteiger partial charge < -0.3 is 5.32 Å². The van der Waals surface area contributed by atoms with Crippen molar-refractivity contribution in [2.24, 2.45) is 16.7 Å². The number of hydrogen-bond acceptors (Lipinski definition) is 1. The molecule has 0 heterocycles. The second-order valence-corrected chi connectivity index (χ2v) is 6.81. The number of hydrogen-bond donors (Lipinski definition) is 1. The Balaban J connectivity index is 1.81. The van der Waals surface area contributed by atoms with Gasteiger partial charge in [0, 0.05) is 11.7 Å². The SMILES string of the molecule is CC1(C)C2CCC1(C)C(Nc1ccc(F)cc1)C2. The Labute approximate surface area is 109 Å². The monoisotopic (exact) mass is 247 g/mol. The standard InChI is InChI=1S/C16H22FN/c1-15(2)11-8-9-16(15,3)14(10-11)18-13-6-4-12(17)5-7-13/h4-7,11,14,18H,8-10H2,1-3H3. The molecule has 1 N–H and O–H groups in total. The molecule has 0 radical (unpaired) electrons. The van der Waals surface area contributed by atoms with Crippen LogP contribution in [0.3, 0.4) is 0 Å². The number of halogens is 1. The highest BCUT2D eigenvalue weighted by Crippen LogP contribution is 2.65. The summed E-state index contributed by atoms with van der Waals surface area (Å²) in [6.07, 6.45) is 3.93. The molecule has 2 aliphatic carbocycles. The molecule has 0 aromatic heterocycles. The van der Waals surface area contributed by atoms with Crippen molar-refractivity contribution in [3.05, 3.63) is 30.1 Å². The number of fused-ring (bicyclic) bond motifs is 2. The molecule has 2 heteroatoms. The van der Waals surface area contributed by atoms with Crippen LogP contribution in [0, 0.1) is 22.6 Å². The average molecular weight is 247 g/mol. The van der Waals surface area contributed by atoms with E-state index in [1.54, 1.807) is 0 Å². The molecule has 2 aliphatic rings. The highest BCUT2D eigenvalue weighted by atomic mass is 19.1. The molecule has 0 spiro atoms. The van der Waals surface area contributed by atoms with Gasteiger partial charge in [-0.1, -0.05) is 20.8 Å². The lowest BCUT2D eigenvalue weighted by Gasteiger charge is -2.40. The molecule has 3 rings (SSSR count). The van der Waals surface area contributed by atoms with Crippen molar-refractivity contribution in [3.8, 4) is 0 Å². The van der Waals surface area contributed by atoms with Gasteiger partial charge in [-0.3, -0.25) is 0 Å². The van der Waals surface area contributed by atoms with Gasteiger partial charge in [0.25, 0.3) is 0 Å². The summed E-state index contributed by atoms with van der Waals surface area (Å²) in [6.45, 7) is 7.25. The second kappa shape index (κ2) is 3.72. The molecule has 1 nitrogen and oxygen atoms in total. The lowest BCUT2D eigenvalue weighted by Crippen LogP contribution is -2.40. The van der Waals surface area contributed by atoms with Gasteiger partial charge in [0.15, 0.2) is 0 Å². The third kappa shape index (κ3) is 1.51. The summed E-state index contributed by atoms with van der Waals surface area (Å²) in [5.41, 5.74) is 1.84. The fraction of sp³-hybridized carbons (Fsp3) is 0.625. The molecule has 0 aliphatic heterocycles. The molecule has 3 unspecified atom stereocenters. The van der Waals surface area contributed by atoms with Crippen molar-refractivity contribution in [1.29, 1.82) is 0 Å². The Hall–Kier alpha value is -1.05. The Bertz CT molecular complexity index is 451. The van der Waals surface area contributed by atoms with Crippen LogP contribution in [-0.4, -0.2) is 6.04 Å². The quantitative estimate of drug-likeness (QED) is 0.814. The van der Waals surface area contributed by atoms with Gasteiger partial charge in [0.1, 0.15) is 5.82 Å². The van der Waals surface area contributed by atoms with E-state index in [0.717, 1.165) is 11.6 Å². The Morgan fingerprint density at radius 2 is 1.83 bits per heavy atom. The third-order valence-corrected chi connectivity index (χ3v) is 5.98. The molecule has 1 aromatic rings. The summed E-state index contributed by atoms with van der Waals surface area (Å²) in [7, 11) is 0. The van der Waals surface area contributed by atoms with Crippen molar-refractivity contribution in [2.75, 3.05) is 5.32 Å². The van der Waals surface area contributed by atoms with E-state index in [-0.39, 0.29) is 5.82 Å². The van der Waals surface area contributed by atoms with Gasteiger partial charge in [-0.2, -0.15) is 0 Å². The molecule has 0 amide bonds. The van der Waals surface area contributed by atoms with Crippen LogP contribution in [0.2, 0.25) is 0 Å². The lowest BCUT2D eigenvalue weighted by molar-refractivity contribution is 0.142. The van der Waals surface area contributed by atoms with Crippen LogP contribution < -0.4 is 5.32 Å². The van der Waals surface area contributed by atoms with Crippen LogP contribution in [0.25, 0.3) is 0 Å². The first-order chi connectivity index (χ1) is 8.43. The smallest absolute Gasteiger partial charge is 0.123 e. The van der Waals surface area contributed by atoms with E-state index in [9.17, 15) is 4.39 Å². The van der Waals surface area contributed by atoms with Gasteiger partial charge >= 0.3 is 0 Å². The molecule has 2 fully saturated rings. The summed E-state index contributed by atoms with van der Waals surface area (Å²) < 4.78 is 12.9. The summed E-state index contributed by atoms with van der Waals surface area (Å²) in [6, 6.07) is 7.28. The highest BCUT2D eigenvalue weighted by molar-refractivity contribution is 5.45. The molecule has 0 saturated heterocycles. The van der Waals surface area contributed by atoms with Crippen LogP contribution in [0.5, 0.6) is 0 Å². The fourth-order valence-electron chi connectivity index (χ4n) is 4.17. The van der Waals surface area contributed by atoms with Crippen LogP contribution >= 0.6 is 0 Å². The number of anilines is 1. The lowest BCUT2D eigenvalue weighted by atomic mass is 9.69. The number of nitrogens with one attached hydrogen (secondary N) is 1. The van der Waals surface area contributed by atoms with Gasteiger partial charge in [0.05, 0.1) is 0 Å². The molecular formula is C16H22FN. The molecule has 3 atom stereocenters. The van der Waals surface area contributed by atoms with E-state index in [2.05, 4.69) is 26.1 Å². The minimum absolute atomic E-state index is 0.167. The Morgan fingerprint density at radius 3 is 2.33 bits per heavy atom. The summed E-state index contributed by atoms with van der Waals surface area (Å²) >= 11 is 0. The van der Waals surface area contributed by atoms with Crippen molar-refractivity contribution in [3.63, 3.8) is 0 Å². The largest absolute Gasteiger partial charge is 0.382 e. The highest BCUT2D eigenvalue weighted by Gasteiger charge is 2.61. The van der Waals surface area contributed by atoms with Crippen LogP contribution in [0.15, 0.2) is 24.3 Å². The molecule has 98 valence electrons. The van der Waals surface area contributed by atoms with Crippen molar-refractivity contribution >= 4 is 5.69 Å². The minimum atomic E-state index is -0.167.